The molecular weight excluding hydrogens is 413 g/mol. The van der Waals surface area contributed by atoms with E-state index in [4.69, 9.17) is 23.2 Å². The van der Waals surface area contributed by atoms with Gasteiger partial charge in [0.25, 0.3) is 0 Å². The Hall–Kier alpha value is -0.220. The van der Waals surface area contributed by atoms with E-state index in [1.165, 1.54) is 5.56 Å². The average molecular weight is 424 g/mol. The molecule has 0 saturated heterocycles. The summed E-state index contributed by atoms with van der Waals surface area (Å²) in [6, 6.07) is 9.88. The lowest BCUT2D eigenvalue weighted by atomic mass is 10.1. The molecular formula is C14H11Br2Cl2N. The van der Waals surface area contributed by atoms with E-state index in [9.17, 15) is 0 Å². The number of benzene rings is 2. The largest absolute Gasteiger partial charge is 0.379 e. The van der Waals surface area contributed by atoms with Crippen molar-refractivity contribution in [1.29, 1.82) is 0 Å². The van der Waals surface area contributed by atoms with Crippen LogP contribution in [-0.4, -0.2) is 0 Å². The van der Waals surface area contributed by atoms with Crippen LogP contribution in [0.3, 0.4) is 0 Å². The second kappa shape index (κ2) is 6.49. The predicted molar refractivity (Wildman–Crippen MR) is 90.4 cm³/mol. The standard InChI is InChI=1S/C14H11Br2Cl2N/c1-8-2-3-9(4-11(8)16)7-19-14-12(17)5-10(15)6-13(14)18/h2-6,19H,7H2,1H3. The average Bonchev–Trinajstić information content (AvgIpc) is 2.32. The summed E-state index contributed by atoms with van der Waals surface area (Å²) in [5.74, 6) is 0. The molecule has 0 heterocycles. The van der Waals surface area contributed by atoms with Crippen LogP contribution in [0.25, 0.3) is 0 Å². The molecule has 0 saturated carbocycles. The summed E-state index contributed by atoms with van der Waals surface area (Å²) in [6.07, 6.45) is 0. The molecule has 1 nitrogen and oxygen atoms in total. The molecule has 0 bridgehead atoms. The molecule has 2 aromatic rings. The third kappa shape index (κ3) is 3.88. The number of hydrogen-bond acceptors (Lipinski definition) is 1. The van der Waals surface area contributed by atoms with E-state index >= 15 is 0 Å². The Morgan fingerprint density at radius 1 is 1.05 bits per heavy atom. The van der Waals surface area contributed by atoms with Crippen LogP contribution in [0.2, 0.25) is 10.0 Å². The van der Waals surface area contributed by atoms with E-state index in [-0.39, 0.29) is 0 Å². The zero-order valence-corrected chi connectivity index (χ0v) is 14.8. The molecule has 0 aliphatic rings. The fourth-order valence-electron chi connectivity index (χ4n) is 1.65. The Labute approximate surface area is 139 Å². The van der Waals surface area contributed by atoms with Crippen molar-refractivity contribution in [2.24, 2.45) is 0 Å². The van der Waals surface area contributed by atoms with Crippen molar-refractivity contribution in [1.82, 2.24) is 0 Å². The maximum atomic E-state index is 6.17. The molecule has 0 aliphatic carbocycles. The first-order valence-electron chi connectivity index (χ1n) is 5.61. The van der Waals surface area contributed by atoms with E-state index in [2.05, 4.69) is 62.3 Å². The lowest BCUT2D eigenvalue weighted by molar-refractivity contribution is 1.14. The van der Waals surface area contributed by atoms with Crippen LogP contribution in [0, 0.1) is 6.92 Å². The summed E-state index contributed by atoms with van der Waals surface area (Å²) in [4.78, 5) is 0. The number of aryl methyl sites for hydroxylation is 1. The number of rotatable bonds is 3. The van der Waals surface area contributed by atoms with E-state index in [0.717, 1.165) is 20.2 Å². The summed E-state index contributed by atoms with van der Waals surface area (Å²) < 4.78 is 1.96. The normalized spacial score (nSPS) is 10.6. The number of nitrogens with one attached hydrogen (secondary N) is 1. The first-order chi connectivity index (χ1) is 8.97. The molecule has 0 atom stereocenters. The molecule has 1 N–H and O–H groups in total. The van der Waals surface area contributed by atoms with Crippen LogP contribution in [-0.2, 0) is 6.54 Å². The molecule has 0 amide bonds. The minimum absolute atomic E-state index is 0.602. The molecule has 0 fully saturated rings. The second-order valence-corrected chi connectivity index (χ2v) is 6.77. The lowest BCUT2D eigenvalue weighted by Gasteiger charge is -2.11. The summed E-state index contributed by atoms with van der Waals surface area (Å²) in [5, 5.41) is 4.47. The topological polar surface area (TPSA) is 12.0 Å². The second-order valence-electron chi connectivity index (χ2n) is 4.18. The third-order valence-corrected chi connectivity index (χ3v) is 4.62. The predicted octanol–water partition coefficient (Wildman–Crippen LogP) is 6.44. The van der Waals surface area contributed by atoms with Gasteiger partial charge in [-0.3, -0.25) is 0 Å². The zero-order valence-electron chi connectivity index (χ0n) is 10.1. The Kier molecular flexibility index (Phi) is 5.18. The van der Waals surface area contributed by atoms with E-state index in [0.29, 0.717) is 16.6 Å². The number of anilines is 1. The molecule has 0 radical (unpaired) electrons. The smallest absolute Gasteiger partial charge is 0.0722 e. The summed E-state index contributed by atoms with van der Waals surface area (Å²) in [6.45, 7) is 2.73. The molecule has 0 unspecified atom stereocenters. The van der Waals surface area contributed by atoms with E-state index in [1.807, 2.05) is 12.1 Å². The summed E-state index contributed by atoms with van der Waals surface area (Å²) >= 11 is 19.2. The summed E-state index contributed by atoms with van der Waals surface area (Å²) in [5.41, 5.74) is 3.12. The fraction of sp³-hybridized carbons (Fsp3) is 0.143. The van der Waals surface area contributed by atoms with Crippen molar-refractivity contribution in [2.75, 3.05) is 5.32 Å². The quantitative estimate of drug-likeness (QED) is 0.599. The van der Waals surface area contributed by atoms with Crippen molar-refractivity contribution in [3.8, 4) is 0 Å². The Balaban J connectivity index is 2.16. The van der Waals surface area contributed by atoms with Crippen molar-refractivity contribution in [3.05, 3.63) is 60.4 Å². The van der Waals surface area contributed by atoms with Gasteiger partial charge in [-0.05, 0) is 36.2 Å². The van der Waals surface area contributed by atoms with Gasteiger partial charge in [-0.25, -0.2) is 0 Å². The Bertz CT molecular complexity index is 591. The van der Waals surface area contributed by atoms with Crippen LogP contribution in [0.4, 0.5) is 5.69 Å². The van der Waals surface area contributed by atoms with Gasteiger partial charge in [0.1, 0.15) is 0 Å². The number of halogens is 4. The molecule has 100 valence electrons. The maximum absolute atomic E-state index is 6.17. The molecule has 5 heteroatoms. The highest BCUT2D eigenvalue weighted by atomic mass is 79.9. The summed E-state index contributed by atoms with van der Waals surface area (Å²) in [7, 11) is 0. The molecule has 0 aliphatic heterocycles. The first kappa shape index (κ1) is 15.2. The van der Waals surface area contributed by atoms with Crippen molar-refractivity contribution in [2.45, 2.75) is 13.5 Å². The van der Waals surface area contributed by atoms with E-state index in [1.54, 1.807) is 0 Å². The van der Waals surface area contributed by atoms with Gasteiger partial charge in [-0.1, -0.05) is 67.2 Å². The van der Waals surface area contributed by atoms with Crippen LogP contribution < -0.4 is 5.32 Å². The minimum Gasteiger partial charge on any atom is -0.379 e. The van der Waals surface area contributed by atoms with Crippen LogP contribution in [0.15, 0.2) is 39.3 Å². The van der Waals surface area contributed by atoms with Gasteiger partial charge in [0.2, 0.25) is 0 Å². The van der Waals surface area contributed by atoms with Gasteiger partial charge in [-0.2, -0.15) is 0 Å². The monoisotopic (exact) mass is 421 g/mol. The fourth-order valence-corrected chi connectivity index (χ4v) is 3.42. The van der Waals surface area contributed by atoms with Gasteiger partial charge in [0.15, 0.2) is 0 Å². The maximum Gasteiger partial charge on any atom is 0.0722 e. The van der Waals surface area contributed by atoms with Gasteiger partial charge in [0, 0.05) is 15.5 Å². The Morgan fingerprint density at radius 2 is 1.68 bits per heavy atom. The van der Waals surface area contributed by atoms with Gasteiger partial charge >= 0.3 is 0 Å². The van der Waals surface area contributed by atoms with Crippen molar-refractivity contribution in [3.63, 3.8) is 0 Å². The van der Waals surface area contributed by atoms with Crippen LogP contribution in [0.1, 0.15) is 11.1 Å². The molecule has 2 aromatic carbocycles. The van der Waals surface area contributed by atoms with Crippen LogP contribution in [0.5, 0.6) is 0 Å². The molecule has 19 heavy (non-hydrogen) atoms. The Morgan fingerprint density at radius 3 is 2.26 bits per heavy atom. The highest BCUT2D eigenvalue weighted by Gasteiger charge is 2.07. The van der Waals surface area contributed by atoms with Crippen molar-refractivity contribution < 1.29 is 0 Å². The SMILES string of the molecule is Cc1ccc(CNc2c(Cl)cc(Br)cc2Cl)cc1Br. The molecule has 0 spiro atoms. The van der Waals surface area contributed by atoms with Crippen LogP contribution >= 0.6 is 55.1 Å². The molecule has 0 aromatic heterocycles. The van der Waals surface area contributed by atoms with E-state index < -0.39 is 0 Å². The van der Waals surface area contributed by atoms with Crippen molar-refractivity contribution >= 4 is 60.7 Å². The minimum atomic E-state index is 0.602. The highest BCUT2D eigenvalue weighted by molar-refractivity contribution is 9.10. The lowest BCUT2D eigenvalue weighted by Crippen LogP contribution is -2.01. The van der Waals surface area contributed by atoms with Gasteiger partial charge in [0.05, 0.1) is 15.7 Å². The highest BCUT2D eigenvalue weighted by Crippen LogP contribution is 2.34. The first-order valence-corrected chi connectivity index (χ1v) is 7.95. The number of hydrogen-bond donors (Lipinski definition) is 1. The van der Waals surface area contributed by atoms with Gasteiger partial charge in [-0.15, -0.1) is 0 Å². The zero-order chi connectivity index (χ0) is 14.0. The van der Waals surface area contributed by atoms with Gasteiger partial charge < -0.3 is 5.32 Å². The third-order valence-electron chi connectivity index (χ3n) is 2.71. The molecule has 2 rings (SSSR count).